The third-order valence-electron chi connectivity index (χ3n) is 5.13. The molecule has 2 aromatic heterocycles. The Morgan fingerprint density at radius 3 is 2.60 bits per heavy atom. The number of hydrogen-bond donors (Lipinski definition) is 0. The van der Waals surface area contributed by atoms with E-state index in [1.54, 1.807) is 29.1 Å². The van der Waals surface area contributed by atoms with Gasteiger partial charge in [-0.25, -0.2) is 17.9 Å². The highest BCUT2D eigenvalue weighted by Crippen LogP contribution is 2.24. The minimum absolute atomic E-state index is 0.0826. The number of rotatable bonds is 5. The summed E-state index contributed by atoms with van der Waals surface area (Å²) in [5, 5.41) is 8.73. The standard InChI is InChI=1S/C20H20F3N5O2/c1-12-8-27-18(17(7-25-27)28-9-14(6-24-28)11-30-2)10-26(12)19(29)5-13-3-15(21)20(23)16(22)4-13/h3-4,6-7,9,12H,5,8,10-11H2,1-2H3/t12-/m0/s1. The van der Waals surface area contributed by atoms with Gasteiger partial charge in [-0.15, -0.1) is 0 Å². The van der Waals surface area contributed by atoms with Crippen molar-refractivity contribution in [2.24, 2.45) is 0 Å². The van der Waals surface area contributed by atoms with Crippen molar-refractivity contribution in [2.75, 3.05) is 7.11 Å². The fourth-order valence-corrected chi connectivity index (χ4v) is 3.63. The van der Waals surface area contributed by atoms with Crippen molar-refractivity contribution in [2.45, 2.75) is 39.1 Å². The van der Waals surface area contributed by atoms with Gasteiger partial charge in [0, 0.05) is 24.9 Å². The van der Waals surface area contributed by atoms with E-state index in [0.717, 1.165) is 29.1 Å². The number of hydrogen-bond acceptors (Lipinski definition) is 4. The van der Waals surface area contributed by atoms with Gasteiger partial charge in [-0.05, 0) is 24.6 Å². The predicted octanol–water partition coefficient (Wildman–Crippen LogP) is 2.61. The van der Waals surface area contributed by atoms with Crippen LogP contribution in [0.1, 0.15) is 23.7 Å². The number of nitrogens with zero attached hydrogens (tertiary/aromatic N) is 5. The second-order valence-corrected chi connectivity index (χ2v) is 7.31. The third-order valence-corrected chi connectivity index (χ3v) is 5.13. The first-order valence-corrected chi connectivity index (χ1v) is 9.37. The van der Waals surface area contributed by atoms with E-state index in [-0.39, 0.29) is 30.5 Å². The highest BCUT2D eigenvalue weighted by Gasteiger charge is 2.30. The Bertz CT molecular complexity index is 1070. The van der Waals surface area contributed by atoms with Gasteiger partial charge in [-0.3, -0.25) is 9.48 Å². The Morgan fingerprint density at radius 2 is 1.90 bits per heavy atom. The van der Waals surface area contributed by atoms with Crippen LogP contribution in [0.2, 0.25) is 0 Å². The SMILES string of the molecule is COCc1cnn(-c2cnn3c2CN(C(=O)Cc2cc(F)c(F)c(F)c2)[C@@H](C)C3)c1. The van der Waals surface area contributed by atoms with Gasteiger partial charge >= 0.3 is 0 Å². The van der Waals surface area contributed by atoms with Crippen LogP contribution in [0.5, 0.6) is 0 Å². The average molecular weight is 419 g/mol. The van der Waals surface area contributed by atoms with Gasteiger partial charge in [0.15, 0.2) is 17.5 Å². The number of amides is 1. The molecule has 0 N–H and O–H groups in total. The van der Waals surface area contributed by atoms with E-state index in [9.17, 15) is 18.0 Å². The summed E-state index contributed by atoms with van der Waals surface area (Å²) in [4.78, 5) is 14.5. The van der Waals surface area contributed by atoms with E-state index < -0.39 is 17.5 Å². The van der Waals surface area contributed by atoms with E-state index in [1.165, 1.54) is 0 Å². The van der Waals surface area contributed by atoms with E-state index in [1.807, 2.05) is 17.8 Å². The summed E-state index contributed by atoms with van der Waals surface area (Å²) in [6.07, 6.45) is 4.97. The summed E-state index contributed by atoms with van der Waals surface area (Å²) in [6, 6.07) is 1.53. The third kappa shape index (κ3) is 3.70. The summed E-state index contributed by atoms with van der Waals surface area (Å²) in [5.74, 6) is -4.48. The molecule has 10 heteroatoms. The Morgan fingerprint density at radius 1 is 1.17 bits per heavy atom. The van der Waals surface area contributed by atoms with E-state index >= 15 is 0 Å². The zero-order valence-electron chi connectivity index (χ0n) is 16.5. The lowest BCUT2D eigenvalue weighted by atomic mass is 10.1. The molecule has 7 nitrogen and oxygen atoms in total. The lowest BCUT2D eigenvalue weighted by molar-refractivity contribution is -0.134. The van der Waals surface area contributed by atoms with Gasteiger partial charge in [0.1, 0.15) is 5.69 Å². The first kappa shape index (κ1) is 20.1. The monoisotopic (exact) mass is 419 g/mol. The van der Waals surface area contributed by atoms with Gasteiger partial charge in [0.25, 0.3) is 0 Å². The summed E-state index contributed by atoms with van der Waals surface area (Å²) in [7, 11) is 1.60. The minimum Gasteiger partial charge on any atom is -0.380 e. The number of methoxy groups -OCH3 is 1. The molecule has 0 fully saturated rings. The first-order chi connectivity index (χ1) is 14.4. The van der Waals surface area contributed by atoms with Gasteiger partial charge in [-0.1, -0.05) is 0 Å². The molecule has 0 radical (unpaired) electrons. The van der Waals surface area contributed by atoms with E-state index in [2.05, 4.69) is 10.2 Å². The molecule has 1 aliphatic rings. The van der Waals surface area contributed by atoms with Gasteiger partial charge in [-0.2, -0.15) is 10.2 Å². The number of fused-ring (bicyclic) bond motifs is 1. The molecule has 1 amide bonds. The van der Waals surface area contributed by atoms with Crippen LogP contribution in [0.25, 0.3) is 5.69 Å². The van der Waals surface area contributed by atoms with Gasteiger partial charge in [0.2, 0.25) is 5.91 Å². The highest BCUT2D eigenvalue weighted by atomic mass is 19.2. The molecule has 0 unspecified atom stereocenters. The van der Waals surface area contributed by atoms with Crippen molar-refractivity contribution in [1.82, 2.24) is 24.5 Å². The molecule has 3 heterocycles. The normalized spacial score (nSPS) is 16.0. The van der Waals surface area contributed by atoms with E-state index in [4.69, 9.17) is 4.74 Å². The fourth-order valence-electron chi connectivity index (χ4n) is 3.63. The number of carbonyl (C=O) groups excluding carboxylic acids is 1. The zero-order chi connectivity index (χ0) is 21.4. The molecule has 0 aliphatic carbocycles. The second-order valence-electron chi connectivity index (χ2n) is 7.31. The summed E-state index contributed by atoms with van der Waals surface area (Å²) >= 11 is 0. The maximum absolute atomic E-state index is 13.5. The van der Waals surface area contributed by atoms with Crippen LogP contribution in [0.15, 0.2) is 30.7 Å². The summed E-state index contributed by atoms with van der Waals surface area (Å²) in [5.41, 5.74) is 2.51. The average Bonchev–Trinajstić information content (AvgIpc) is 3.32. The van der Waals surface area contributed by atoms with Gasteiger partial charge in [0.05, 0.1) is 44.2 Å². The molecule has 1 aromatic carbocycles. The molecule has 1 atom stereocenters. The van der Waals surface area contributed by atoms with Crippen LogP contribution in [-0.2, 0) is 35.6 Å². The Labute approximate surface area is 170 Å². The van der Waals surface area contributed by atoms with Crippen LogP contribution in [-0.4, -0.2) is 43.5 Å². The van der Waals surface area contributed by atoms with Crippen LogP contribution in [0.4, 0.5) is 13.2 Å². The number of benzene rings is 1. The molecule has 3 aromatic rings. The van der Waals surface area contributed by atoms with E-state index in [0.29, 0.717) is 13.2 Å². The summed E-state index contributed by atoms with van der Waals surface area (Å²) < 4.78 is 48.8. The molecule has 4 rings (SSSR count). The molecule has 158 valence electrons. The Balaban J connectivity index is 1.56. The van der Waals surface area contributed by atoms with Gasteiger partial charge < -0.3 is 9.64 Å². The molecule has 0 bridgehead atoms. The van der Waals surface area contributed by atoms with Crippen LogP contribution in [0, 0.1) is 17.5 Å². The van der Waals surface area contributed by atoms with Crippen molar-refractivity contribution in [3.05, 3.63) is 65.0 Å². The first-order valence-electron chi connectivity index (χ1n) is 9.37. The maximum Gasteiger partial charge on any atom is 0.227 e. The number of carbonyl (C=O) groups is 1. The van der Waals surface area contributed by atoms with Crippen LogP contribution in [0.3, 0.4) is 0 Å². The number of ether oxygens (including phenoxy) is 1. The lowest BCUT2D eigenvalue weighted by Gasteiger charge is -2.34. The number of halogens is 3. The highest BCUT2D eigenvalue weighted by molar-refractivity contribution is 5.79. The molecule has 0 saturated heterocycles. The Hall–Kier alpha value is -3.14. The molecule has 0 spiro atoms. The summed E-state index contributed by atoms with van der Waals surface area (Å²) in [6.45, 7) is 3.04. The van der Waals surface area contributed by atoms with Crippen molar-refractivity contribution >= 4 is 5.91 Å². The topological polar surface area (TPSA) is 65.2 Å². The quantitative estimate of drug-likeness (QED) is 0.597. The fraction of sp³-hybridized carbons (Fsp3) is 0.350. The molecular formula is C20H20F3N5O2. The zero-order valence-corrected chi connectivity index (χ0v) is 16.5. The largest absolute Gasteiger partial charge is 0.380 e. The predicted molar refractivity (Wildman–Crippen MR) is 100 cm³/mol. The molecule has 1 aliphatic heterocycles. The lowest BCUT2D eigenvalue weighted by Crippen LogP contribution is -2.45. The smallest absolute Gasteiger partial charge is 0.227 e. The number of aromatic nitrogens is 4. The Kier molecular flexibility index (Phi) is 5.33. The second kappa shape index (κ2) is 7.94. The van der Waals surface area contributed by atoms with Crippen molar-refractivity contribution in [3.63, 3.8) is 0 Å². The van der Waals surface area contributed by atoms with Crippen molar-refractivity contribution in [1.29, 1.82) is 0 Å². The van der Waals surface area contributed by atoms with Crippen LogP contribution >= 0.6 is 0 Å². The molecule has 30 heavy (non-hydrogen) atoms. The van der Waals surface area contributed by atoms with Crippen LogP contribution < -0.4 is 0 Å². The van der Waals surface area contributed by atoms with Crippen molar-refractivity contribution < 1.29 is 22.7 Å². The molecule has 0 saturated carbocycles. The minimum atomic E-state index is -1.54. The molecular weight excluding hydrogens is 399 g/mol. The van der Waals surface area contributed by atoms with Crippen molar-refractivity contribution in [3.8, 4) is 5.69 Å². The maximum atomic E-state index is 13.5.